The van der Waals surface area contributed by atoms with Crippen molar-refractivity contribution in [3.8, 4) is 5.75 Å². The number of carbonyl (C=O) groups excluding carboxylic acids is 3. The number of benzene rings is 3. The number of hydrogen-bond donors (Lipinski definition) is 1. The molecular weight excluding hydrogens is 526 g/mol. The topological polar surface area (TPSA) is 88.6 Å². The van der Waals surface area contributed by atoms with E-state index in [1.54, 1.807) is 54.7 Å². The van der Waals surface area contributed by atoms with Crippen LogP contribution in [0.5, 0.6) is 5.75 Å². The molecule has 0 bridgehead atoms. The third-order valence-electron chi connectivity index (χ3n) is 8.55. The lowest BCUT2D eigenvalue weighted by Crippen LogP contribution is -2.49. The monoisotopic (exact) mass is 553 g/mol. The van der Waals surface area contributed by atoms with E-state index in [4.69, 9.17) is 4.74 Å². The minimum atomic E-state index is -1.39. The van der Waals surface area contributed by atoms with Gasteiger partial charge in [0.1, 0.15) is 29.5 Å². The molecule has 3 aliphatic rings. The summed E-state index contributed by atoms with van der Waals surface area (Å²) in [5.74, 6) is -1.39. The number of fused-ring (bicyclic) bond motifs is 6. The van der Waals surface area contributed by atoms with E-state index in [9.17, 15) is 14.4 Å². The molecule has 4 heterocycles. The van der Waals surface area contributed by atoms with Crippen molar-refractivity contribution >= 4 is 29.2 Å². The fraction of sp³-hybridized carbons (Fsp3) is 0.143. The number of amides is 1. The average molecular weight is 554 g/mol. The van der Waals surface area contributed by atoms with Gasteiger partial charge in [-0.05, 0) is 65.2 Å². The standard InChI is InChI=1S/C35H27N3O4/c1-2-21-42-24-16-14-23(15-17-24)31(39)29-30(32(40)28-13-7-8-19-36-28)38-20-18-22-9-3-4-10-25(22)33(38)35(29)26-11-5-6-12-27(26)37-34(35)41/h2-20,29-30,33H,1,21H2,(H,37,41)/t29-,30+,33-,35-/m0/s1. The lowest BCUT2D eigenvalue weighted by Gasteiger charge is -2.38. The molecule has 7 rings (SSSR count). The molecule has 1 amide bonds. The number of aromatic nitrogens is 1. The molecule has 0 aliphatic carbocycles. The molecule has 7 nitrogen and oxygen atoms in total. The molecule has 0 unspecified atom stereocenters. The summed E-state index contributed by atoms with van der Waals surface area (Å²) < 4.78 is 5.63. The molecule has 0 saturated carbocycles. The fourth-order valence-electron chi connectivity index (χ4n) is 6.88. The van der Waals surface area contributed by atoms with E-state index in [-0.39, 0.29) is 23.2 Å². The van der Waals surface area contributed by atoms with Gasteiger partial charge in [0, 0.05) is 23.6 Å². The van der Waals surface area contributed by atoms with Crippen molar-refractivity contribution in [1.82, 2.24) is 9.88 Å². The van der Waals surface area contributed by atoms with Crippen molar-refractivity contribution in [2.24, 2.45) is 5.92 Å². The van der Waals surface area contributed by atoms with Gasteiger partial charge in [-0.15, -0.1) is 0 Å². The Balaban J connectivity index is 1.48. The molecule has 7 heteroatoms. The molecule has 4 atom stereocenters. The summed E-state index contributed by atoms with van der Waals surface area (Å²) in [7, 11) is 0. The van der Waals surface area contributed by atoms with E-state index >= 15 is 0 Å². The number of carbonyl (C=O) groups is 3. The van der Waals surface area contributed by atoms with E-state index in [1.807, 2.05) is 65.7 Å². The van der Waals surface area contributed by atoms with Gasteiger partial charge in [0.15, 0.2) is 5.78 Å². The van der Waals surface area contributed by atoms with Gasteiger partial charge in [-0.1, -0.05) is 61.2 Å². The number of pyridine rings is 1. The maximum Gasteiger partial charge on any atom is 0.238 e. The van der Waals surface area contributed by atoms with Gasteiger partial charge in [0.05, 0.1) is 12.0 Å². The third kappa shape index (κ3) is 3.66. The predicted octanol–water partition coefficient (Wildman–Crippen LogP) is 5.63. The highest BCUT2D eigenvalue weighted by atomic mass is 16.5. The molecule has 3 aliphatic heterocycles. The Bertz CT molecular complexity index is 1760. The molecule has 1 spiro atoms. The summed E-state index contributed by atoms with van der Waals surface area (Å²) >= 11 is 0. The number of hydrogen-bond acceptors (Lipinski definition) is 6. The predicted molar refractivity (Wildman–Crippen MR) is 159 cm³/mol. The molecular formula is C35H27N3O4. The third-order valence-corrected chi connectivity index (χ3v) is 8.55. The first-order chi connectivity index (χ1) is 20.6. The maximum absolute atomic E-state index is 14.8. The van der Waals surface area contributed by atoms with Crippen LogP contribution in [-0.4, -0.2) is 40.0 Å². The summed E-state index contributed by atoms with van der Waals surface area (Å²) in [4.78, 5) is 50.0. The lowest BCUT2D eigenvalue weighted by atomic mass is 9.62. The first-order valence-corrected chi connectivity index (χ1v) is 13.8. The smallest absolute Gasteiger partial charge is 0.238 e. The minimum Gasteiger partial charge on any atom is -0.490 e. The number of nitrogens with zero attached hydrogens (tertiary/aromatic N) is 2. The van der Waals surface area contributed by atoms with Gasteiger partial charge in [0.2, 0.25) is 11.7 Å². The zero-order chi connectivity index (χ0) is 28.8. The van der Waals surface area contributed by atoms with Crippen LogP contribution in [0.1, 0.15) is 43.6 Å². The van der Waals surface area contributed by atoms with Crippen LogP contribution < -0.4 is 10.1 Å². The highest BCUT2D eigenvalue weighted by Crippen LogP contribution is 2.62. The molecule has 1 saturated heterocycles. The summed E-state index contributed by atoms with van der Waals surface area (Å²) in [5, 5.41) is 3.06. The second kappa shape index (κ2) is 9.96. The van der Waals surface area contributed by atoms with Gasteiger partial charge in [-0.25, -0.2) is 0 Å². The maximum atomic E-state index is 14.8. The number of para-hydroxylation sites is 1. The Morgan fingerprint density at radius 2 is 1.71 bits per heavy atom. The molecule has 3 aromatic carbocycles. The SMILES string of the molecule is C=CCOc1ccc(C(=O)[C@@H]2[C@H](C(=O)c3ccccn3)N3C=Cc4ccccc4[C@H]3[C@@]23C(=O)Nc2ccccc23)cc1. The van der Waals surface area contributed by atoms with Crippen LogP contribution >= 0.6 is 0 Å². The van der Waals surface area contributed by atoms with Crippen LogP contribution in [0.2, 0.25) is 0 Å². The number of rotatable bonds is 7. The van der Waals surface area contributed by atoms with Crippen molar-refractivity contribution in [2.45, 2.75) is 17.5 Å². The van der Waals surface area contributed by atoms with Crippen LogP contribution in [0.15, 0.2) is 116 Å². The molecule has 206 valence electrons. The number of ether oxygens (including phenoxy) is 1. The second-order valence-electron chi connectivity index (χ2n) is 10.7. The number of anilines is 1. The highest BCUT2D eigenvalue weighted by Gasteiger charge is 2.70. The zero-order valence-corrected chi connectivity index (χ0v) is 22.6. The second-order valence-corrected chi connectivity index (χ2v) is 10.7. The summed E-state index contributed by atoms with van der Waals surface area (Å²) in [5.41, 5.74) is 2.41. The van der Waals surface area contributed by atoms with Crippen LogP contribution in [0, 0.1) is 5.92 Å². The number of Topliss-reactive ketones (excluding diaryl/α,β-unsaturated/α-hetero) is 2. The number of ketones is 2. The largest absolute Gasteiger partial charge is 0.490 e. The minimum absolute atomic E-state index is 0.239. The Morgan fingerprint density at radius 1 is 0.952 bits per heavy atom. The average Bonchev–Trinajstić information content (AvgIpc) is 3.52. The quantitative estimate of drug-likeness (QED) is 0.236. The van der Waals surface area contributed by atoms with E-state index < -0.39 is 23.4 Å². The van der Waals surface area contributed by atoms with Gasteiger partial charge in [-0.3, -0.25) is 19.4 Å². The van der Waals surface area contributed by atoms with Crippen molar-refractivity contribution in [2.75, 3.05) is 11.9 Å². The first-order valence-electron chi connectivity index (χ1n) is 13.8. The Kier molecular flexibility index (Phi) is 6.08. The molecule has 1 aromatic heterocycles. The Labute approximate surface area is 243 Å². The molecule has 42 heavy (non-hydrogen) atoms. The van der Waals surface area contributed by atoms with Crippen LogP contribution in [-0.2, 0) is 10.2 Å². The normalized spacial score (nSPS) is 23.1. The van der Waals surface area contributed by atoms with Crippen LogP contribution in [0.25, 0.3) is 6.08 Å². The molecule has 0 radical (unpaired) electrons. The van der Waals surface area contributed by atoms with Crippen molar-refractivity contribution in [3.05, 3.63) is 144 Å². The summed E-state index contributed by atoms with van der Waals surface area (Å²) in [6.45, 7) is 4.01. The molecule has 1 fully saturated rings. The van der Waals surface area contributed by atoms with Gasteiger partial charge in [0.25, 0.3) is 0 Å². The molecule has 4 aromatic rings. The van der Waals surface area contributed by atoms with Crippen LogP contribution in [0.3, 0.4) is 0 Å². The van der Waals surface area contributed by atoms with Crippen molar-refractivity contribution in [3.63, 3.8) is 0 Å². The van der Waals surface area contributed by atoms with Crippen molar-refractivity contribution in [1.29, 1.82) is 0 Å². The zero-order valence-electron chi connectivity index (χ0n) is 22.6. The van der Waals surface area contributed by atoms with E-state index in [0.29, 0.717) is 29.2 Å². The van der Waals surface area contributed by atoms with E-state index in [1.165, 1.54) is 0 Å². The van der Waals surface area contributed by atoms with Crippen LogP contribution in [0.4, 0.5) is 5.69 Å². The van der Waals surface area contributed by atoms with Gasteiger partial charge < -0.3 is 15.0 Å². The number of nitrogens with one attached hydrogen (secondary N) is 1. The van der Waals surface area contributed by atoms with E-state index in [0.717, 1.165) is 11.1 Å². The highest BCUT2D eigenvalue weighted by molar-refractivity contribution is 6.16. The Morgan fingerprint density at radius 3 is 2.50 bits per heavy atom. The Hall–Kier alpha value is -5.30. The summed E-state index contributed by atoms with van der Waals surface area (Å²) in [6, 6.07) is 25.7. The molecule has 1 N–H and O–H groups in total. The fourth-order valence-corrected chi connectivity index (χ4v) is 6.88. The van der Waals surface area contributed by atoms with Gasteiger partial charge >= 0.3 is 0 Å². The van der Waals surface area contributed by atoms with Gasteiger partial charge in [-0.2, -0.15) is 0 Å². The van der Waals surface area contributed by atoms with Crippen molar-refractivity contribution < 1.29 is 19.1 Å². The van der Waals surface area contributed by atoms with E-state index in [2.05, 4.69) is 16.9 Å². The summed E-state index contributed by atoms with van der Waals surface area (Å²) in [6.07, 6.45) is 7.00. The first kappa shape index (κ1) is 25.7. The lowest BCUT2D eigenvalue weighted by molar-refractivity contribution is -0.122.